The normalized spacial score (nSPS) is 11.8. The van der Waals surface area contributed by atoms with E-state index >= 15 is 0 Å². The number of rotatable bonds is 1. The SMILES string of the molecule is Fc1cc(C(F)(F)F)cnc1-c1ccc(Cl)c(Cl)c1Cl. The molecule has 8 heteroatoms. The van der Waals surface area contributed by atoms with E-state index in [1.165, 1.54) is 12.1 Å². The molecule has 0 amide bonds. The molecule has 1 heterocycles. The van der Waals surface area contributed by atoms with E-state index in [-0.39, 0.29) is 26.3 Å². The first kappa shape index (κ1) is 15.4. The van der Waals surface area contributed by atoms with Gasteiger partial charge in [-0.3, -0.25) is 4.98 Å². The van der Waals surface area contributed by atoms with Gasteiger partial charge in [0.2, 0.25) is 0 Å². The topological polar surface area (TPSA) is 12.9 Å². The van der Waals surface area contributed by atoms with E-state index in [0.717, 1.165) is 0 Å². The lowest BCUT2D eigenvalue weighted by Gasteiger charge is -2.10. The van der Waals surface area contributed by atoms with Crippen molar-refractivity contribution in [3.05, 3.63) is 50.8 Å². The van der Waals surface area contributed by atoms with Crippen LogP contribution in [0.15, 0.2) is 24.4 Å². The second kappa shape index (κ2) is 5.39. The summed E-state index contributed by atoms with van der Waals surface area (Å²) in [6.45, 7) is 0. The summed E-state index contributed by atoms with van der Waals surface area (Å²) in [7, 11) is 0. The maximum atomic E-state index is 13.8. The standard InChI is InChI=1S/C12H4Cl3F4N/c13-7-2-1-6(9(14)10(7)15)11-8(16)3-5(4-20-11)12(17,18)19/h1-4H. The predicted octanol–water partition coefficient (Wildman–Crippen LogP) is 5.87. The van der Waals surface area contributed by atoms with Crippen LogP contribution in [0.2, 0.25) is 15.1 Å². The largest absolute Gasteiger partial charge is 0.417 e. The zero-order chi connectivity index (χ0) is 15.1. The van der Waals surface area contributed by atoms with Crippen molar-refractivity contribution >= 4 is 34.8 Å². The third-order valence-electron chi connectivity index (χ3n) is 2.46. The molecule has 0 fully saturated rings. The Morgan fingerprint density at radius 1 is 1.00 bits per heavy atom. The maximum Gasteiger partial charge on any atom is 0.417 e. The minimum Gasteiger partial charge on any atom is -0.252 e. The fourth-order valence-corrected chi connectivity index (χ4v) is 2.12. The molecule has 0 bridgehead atoms. The van der Waals surface area contributed by atoms with E-state index in [0.29, 0.717) is 12.3 Å². The number of halogens is 7. The highest BCUT2D eigenvalue weighted by atomic mass is 35.5. The van der Waals surface area contributed by atoms with Crippen LogP contribution in [0.1, 0.15) is 5.56 Å². The molecular weight excluding hydrogens is 340 g/mol. The first-order valence-corrected chi connectivity index (χ1v) is 6.22. The van der Waals surface area contributed by atoms with Gasteiger partial charge in [0.25, 0.3) is 0 Å². The molecular formula is C12H4Cl3F4N. The van der Waals surface area contributed by atoms with E-state index in [1.807, 2.05) is 0 Å². The second-order valence-electron chi connectivity index (χ2n) is 3.78. The molecule has 0 N–H and O–H groups in total. The van der Waals surface area contributed by atoms with E-state index in [4.69, 9.17) is 34.8 Å². The summed E-state index contributed by atoms with van der Waals surface area (Å²) < 4.78 is 51.1. The third-order valence-corrected chi connectivity index (χ3v) is 3.75. The number of hydrogen-bond acceptors (Lipinski definition) is 1. The molecule has 0 aliphatic carbocycles. The van der Waals surface area contributed by atoms with Crippen LogP contribution in [0.4, 0.5) is 17.6 Å². The van der Waals surface area contributed by atoms with Gasteiger partial charge in [0.1, 0.15) is 11.5 Å². The monoisotopic (exact) mass is 343 g/mol. The highest BCUT2D eigenvalue weighted by Gasteiger charge is 2.32. The van der Waals surface area contributed by atoms with Crippen molar-refractivity contribution < 1.29 is 17.6 Å². The van der Waals surface area contributed by atoms with Crippen LogP contribution in [0.3, 0.4) is 0 Å². The van der Waals surface area contributed by atoms with E-state index in [1.54, 1.807) is 0 Å². The van der Waals surface area contributed by atoms with E-state index < -0.39 is 17.6 Å². The molecule has 2 rings (SSSR count). The van der Waals surface area contributed by atoms with Crippen LogP contribution in [0.5, 0.6) is 0 Å². The van der Waals surface area contributed by atoms with Crippen molar-refractivity contribution in [3.8, 4) is 11.3 Å². The molecule has 0 aliphatic heterocycles. The molecule has 0 radical (unpaired) electrons. The average Bonchev–Trinajstić information content (AvgIpc) is 2.36. The molecule has 1 nitrogen and oxygen atoms in total. The van der Waals surface area contributed by atoms with Crippen molar-refractivity contribution in [3.63, 3.8) is 0 Å². The molecule has 20 heavy (non-hydrogen) atoms. The molecule has 0 atom stereocenters. The Bertz CT molecular complexity index is 670. The van der Waals surface area contributed by atoms with E-state index in [2.05, 4.69) is 4.98 Å². The minimum absolute atomic E-state index is 0.0214. The molecule has 0 saturated carbocycles. The van der Waals surface area contributed by atoms with Crippen LogP contribution < -0.4 is 0 Å². The zero-order valence-corrected chi connectivity index (χ0v) is 11.7. The predicted molar refractivity (Wildman–Crippen MR) is 69.7 cm³/mol. The Morgan fingerprint density at radius 2 is 1.65 bits per heavy atom. The lowest BCUT2D eigenvalue weighted by molar-refractivity contribution is -0.138. The number of benzene rings is 1. The van der Waals surface area contributed by atoms with Crippen LogP contribution in [-0.4, -0.2) is 4.98 Å². The summed E-state index contributed by atoms with van der Waals surface area (Å²) in [5.74, 6) is -1.15. The quantitative estimate of drug-likeness (QED) is 0.466. The van der Waals surface area contributed by atoms with Crippen molar-refractivity contribution in [1.82, 2.24) is 4.98 Å². The van der Waals surface area contributed by atoms with Gasteiger partial charge in [-0.15, -0.1) is 0 Å². The van der Waals surface area contributed by atoms with Gasteiger partial charge in [0.15, 0.2) is 0 Å². The molecule has 0 saturated heterocycles. The number of nitrogens with zero attached hydrogens (tertiary/aromatic N) is 1. The second-order valence-corrected chi connectivity index (χ2v) is 4.94. The number of aromatic nitrogens is 1. The Balaban J connectivity index is 2.58. The summed E-state index contributed by atoms with van der Waals surface area (Å²) >= 11 is 17.4. The molecule has 1 aromatic heterocycles. The Labute approximate surface area is 126 Å². The summed E-state index contributed by atoms with van der Waals surface area (Å²) in [5.41, 5.74) is -1.45. The summed E-state index contributed by atoms with van der Waals surface area (Å²) in [6.07, 6.45) is -4.15. The van der Waals surface area contributed by atoms with Crippen LogP contribution in [0, 0.1) is 5.82 Å². The van der Waals surface area contributed by atoms with Crippen LogP contribution >= 0.6 is 34.8 Å². The van der Waals surface area contributed by atoms with E-state index in [9.17, 15) is 17.6 Å². The highest BCUT2D eigenvalue weighted by molar-refractivity contribution is 6.49. The Hall–Kier alpha value is -1.04. The summed E-state index contributed by atoms with van der Waals surface area (Å²) in [6, 6.07) is 3.03. The smallest absolute Gasteiger partial charge is 0.252 e. The van der Waals surface area contributed by atoms with Gasteiger partial charge in [0, 0.05) is 11.8 Å². The number of alkyl halides is 3. The van der Waals surface area contributed by atoms with Gasteiger partial charge in [-0.25, -0.2) is 4.39 Å². The van der Waals surface area contributed by atoms with Crippen molar-refractivity contribution in [1.29, 1.82) is 0 Å². The molecule has 0 unspecified atom stereocenters. The zero-order valence-electron chi connectivity index (χ0n) is 9.40. The van der Waals surface area contributed by atoms with Gasteiger partial charge in [-0.1, -0.05) is 34.8 Å². The van der Waals surface area contributed by atoms with Gasteiger partial charge in [0.05, 0.1) is 20.6 Å². The molecule has 2 aromatic rings. The van der Waals surface area contributed by atoms with Gasteiger partial charge in [-0.2, -0.15) is 13.2 Å². The van der Waals surface area contributed by atoms with Crippen LogP contribution in [-0.2, 0) is 6.18 Å². The molecule has 1 aromatic carbocycles. The molecule has 0 aliphatic rings. The fourth-order valence-electron chi connectivity index (χ4n) is 1.50. The third kappa shape index (κ3) is 2.85. The summed E-state index contributed by atoms with van der Waals surface area (Å²) in [5, 5.41) is 0.0463. The first-order valence-electron chi connectivity index (χ1n) is 5.08. The number of hydrogen-bond donors (Lipinski definition) is 0. The van der Waals surface area contributed by atoms with Crippen LogP contribution in [0.25, 0.3) is 11.3 Å². The van der Waals surface area contributed by atoms with Crippen molar-refractivity contribution in [2.45, 2.75) is 6.18 Å². The molecule has 0 spiro atoms. The molecule has 106 valence electrons. The Kier molecular flexibility index (Phi) is 4.14. The highest BCUT2D eigenvalue weighted by Crippen LogP contribution is 2.39. The van der Waals surface area contributed by atoms with Crippen molar-refractivity contribution in [2.75, 3.05) is 0 Å². The minimum atomic E-state index is -4.67. The first-order chi connectivity index (χ1) is 9.21. The fraction of sp³-hybridized carbons (Fsp3) is 0.0833. The van der Waals surface area contributed by atoms with Gasteiger partial charge >= 0.3 is 6.18 Å². The summed E-state index contributed by atoms with van der Waals surface area (Å²) in [4.78, 5) is 3.47. The van der Waals surface area contributed by atoms with Gasteiger partial charge in [-0.05, 0) is 18.2 Å². The van der Waals surface area contributed by atoms with Crippen molar-refractivity contribution in [2.24, 2.45) is 0 Å². The Morgan fingerprint density at radius 3 is 2.20 bits per heavy atom. The van der Waals surface area contributed by atoms with Gasteiger partial charge < -0.3 is 0 Å². The number of pyridine rings is 1. The lowest BCUT2D eigenvalue weighted by atomic mass is 10.1. The average molecular weight is 345 g/mol. The lowest BCUT2D eigenvalue weighted by Crippen LogP contribution is -2.07. The maximum absolute atomic E-state index is 13.8.